The zero-order valence-corrected chi connectivity index (χ0v) is 14.6. The van der Waals surface area contributed by atoms with Crippen molar-refractivity contribution in [3.63, 3.8) is 0 Å². The van der Waals surface area contributed by atoms with Gasteiger partial charge in [-0.2, -0.15) is 5.10 Å². The summed E-state index contributed by atoms with van der Waals surface area (Å²) in [6.07, 6.45) is 11.8. The molecule has 1 aromatic heterocycles. The first-order valence-electron chi connectivity index (χ1n) is 9.59. The third kappa shape index (κ3) is 3.65. The number of nitrogens with zero attached hydrogens (tertiary/aromatic N) is 3. The minimum absolute atomic E-state index is 0.0161. The normalized spacial score (nSPS) is 29.4. The minimum Gasteiger partial charge on any atom is -0.352 e. The highest BCUT2D eigenvalue weighted by molar-refractivity contribution is 5.88. The molecule has 3 fully saturated rings. The second-order valence-electron chi connectivity index (χ2n) is 7.53. The van der Waals surface area contributed by atoms with Gasteiger partial charge in [0, 0.05) is 25.0 Å². The van der Waals surface area contributed by atoms with Crippen molar-refractivity contribution in [1.29, 1.82) is 0 Å². The van der Waals surface area contributed by atoms with Gasteiger partial charge in [-0.3, -0.25) is 9.48 Å². The van der Waals surface area contributed by atoms with Gasteiger partial charge in [-0.15, -0.1) is 0 Å². The molecule has 3 amide bonds. The monoisotopic (exact) mass is 345 g/mol. The second-order valence-corrected chi connectivity index (χ2v) is 7.53. The van der Waals surface area contributed by atoms with Crippen molar-refractivity contribution in [3.8, 4) is 0 Å². The van der Waals surface area contributed by atoms with Crippen LogP contribution in [0.3, 0.4) is 0 Å². The summed E-state index contributed by atoms with van der Waals surface area (Å²) >= 11 is 0. The van der Waals surface area contributed by atoms with Crippen molar-refractivity contribution in [2.75, 3.05) is 6.54 Å². The van der Waals surface area contributed by atoms with Gasteiger partial charge < -0.3 is 15.5 Å². The van der Waals surface area contributed by atoms with Crippen LogP contribution >= 0.6 is 0 Å². The summed E-state index contributed by atoms with van der Waals surface area (Å²) in [5.74, 6) is 0.0161. The van der Waals surface area contributed by atoms with Gasteiger partial charge in [0.2, 0.25) is 5.91 Å². The van der Waals surface area contributed by atoms with E-state index in [-0.39, 0.29) is 30.1 Å². The van der Waals surface area contributed by atoms with E-state index in [4.69, 9.17) is 0 Å². The number of hydrogen-bond acceptors (Lipinski definition) is 3. The topological polar surface area (TPSA) is 79.3 Å². The zero-order valence-electron chi connectivity index (χ0n) is 14.6. The fraction of sp³-hybridized carbons (Fsp3) is 0.722. The summed E-state index contributed by atoms with van der Waals surface area (Å²) in [7, 11) is 0. The Labute approximate surface area is 148 Å². The molecule has 7 nitrogen and oxygen atoms in total. The van der Waals surface area contributed by atoms with E-state index in [9.17, 15) is 9.59 Å². The third-order valence-corrected chi connectivity index (χ3v) is 5.64. The molecule has 4 rings (SSSR count). The van der Waals surface area contributed by atoms with Crippen molar-refractivity contribution >= 4 is 11.9 Å². The van der Waals surface area contributed by atoms with Gasteiger partial charge in [0.25, 0.3) is 0 Å². The van der Waals surface area contributed by atoms with Gasteiger partial charge in [0.1, 0.15) is 6.04 Å². The molecule has 7 heteroatoms. The Morgan fingerprint density at radius 2 is 1.84 bits per heavy atom. The zero-order chi connectivity index (χ0) is 17.2. The Morgan fingerprint density at radius 3 is 2.60 bits per heavy atom. The lowest BCUT2D eigenvalue weighted by atomic mass is 9.90. The molecule has 25 heavy (non-hydrogen) atoms. The SMILES string of the molecule is O=C(NC1CC1)[C@@H]1CCCN1C(=O)N[C@H]1CCCC[C@H]1n1cccn1. The minimum atomic E-state index is -0.313. The number of urea groups is 1. The second kappa shape index (κ2) is 7.06. The molecule has 136 valence electrons. The van der Waals surface area contributed by atoms with E-state index in [1.807, 2.05) is 16.9 Å². The maximum absolute atomic E-state index is 12.9. The third-order valence-electron chi connectivity index (χ3n) is 5.64. The van der Waals surface area contributed by atoms with Crippen LogP contribution in [-0.2, 0) is 4.79 Å². The molecule has 1 aromatic rings. The molecule has 1 saturated heterocycles. The molecule has 2 saturated carbocycles. The lowest BCUT2D eigenvalue weighted by Gasteiger charge is -2.34. The van der Waals surface area contributed by atoms with E-state index in [2.05, 4.69) is 15.7 Å². The van der Waals surface area contributed by atoms with Crippen molar-refractivity contribution in [2.45, 2.75) is 75.5 Å². The molecule has 2 N–H and O–H groups in total. The van der Waals surface area contributed by atoms with Gasteiger partial charge in [-0.05, 0) is 44.6 Å². The van der Waals surface area contributed by atoms with Gasteiger partial charge in [0.15, 0.2) is 0 Å². The molecule has 3 atom stereocenters. The maximum atomic E-state index is 12.9. The fourth-order valence-electron chi connectivity index (χ4n) is 4.12. The molecule has 0 aromatic carbocycles. The number of hydrogen-bond donors (Lipinski definition) is 2. The number of amides is 3. The molecule has 2 aliphatic carbocycles. The lowest BCUT2D eigenvalue weighted by Crippen LogP contribution is -2.53. The molecule has 0 radical (unpaired) electrons. The van der Waals surface area contributed by atoms with Crippen LogP contribution in [0.25, 0.3) is 0 Å². The van der Waals surface area contributed by atoms with Crippen molar-refractivity contribution in [3.05, 3.63) is 18.5 Å². The highest BCUT2D eigenvalue weighted by Gasteiger charge is 2.38. The molecule has 3 aliphatic rings. The van der Waals surface area contributed by atoms with E-state index in [1.54, 1.807) is 11.1 Å². The number of nitrogens with one attached hydrogen (secondary N) is 2. The molecule has 0 bridgehead atoms. The average molecular weight is 345 g/mol. The van der Waals surface area contributed by atoms with Crippen LogP contribution in [0.4, 0.5) is 4.79 Å². The number of aromatic nitrogens is 2. The molecule has 0 unspecified atom stereocenters. The lowest BCUT2D eigenvalue weighted by molar-refractivity contribution is -0.124. The number of rotatable bonds is 4. The van der Waals surface area contributed by atoms with Crippen LogP contribution in [0.15, 0.2) is 18.5 Å². The maximum Gasteiger partial charge on any atom is 0.318 e. The molecule has 0 spiro atoms. The summed E-state index contributed by atoms with van der Waals surface area (Å²) in [5.41, 5.74) is 0. The van der Waals surface area contributed by atoms with Crippen molar-refractivity contribution in [2.24, 2.45) is 0 Å². The van der Waals surface area contributed by atoms with Crippen LogP contribution in [0, 0.1) is 0 Å². The Kier molecular flexibility index (Phi) is 4.63. The standard InChI is InChI=1S/C18H27N5O2/c24-17(20-13-8-9-13)16-7-3-11-22(16)18(25)21-14-5-1-2-6-15(14)23-12-4-10-19-23/h4,10,12-16H,1-3,5-9,11H2,(H,20,24)(H,21,25)/t14-,15+,16-/m0/s1. The van der Waals surface area contributed by atoms with E-state index < -0.39 is 0 Å². The average Bonchev–Trinajstić information content (AvgIpc) is 3.10. The Morgan fingerprint density at radius 1 is 1.00 bits per heavy atom. The Bertz CT molecular complexity index is 613. The first-order valence-corrected chi connectivity index (χ1v) is 9.59. The summed E-state index contributed by atoms with van der Waals surface area (Å²) in [6, 6.07) is 2.12. The molecule has 1 aliphatic heterocycles. The van der Waals surface area contributed by atoms with E-state index in [0.717, 1.165) is 51.4 Å². The van der Waals surface area contributed by atoms with Crippen LogP contribution in [0.2, 0.25) is 0 Å². The highest BCUT2D eigenvalue weighted by atomic mass is 16.2. The van der Waals surface area contributed by atoms with Gasteiger partial charge in [0.05, 0.1) is 12.1 Å². The summed E-state index contributed by atoms with van der Waals surface area (Å²) in [4.78, 5) is 27.0. The van der Waals surface area contributed by atoms with Crippen molar-refractivity contribution < 1.29 is 9.59 Å². The van der Waals surface area contributed by atoms with Gasteiger partial charge >= 0.3 is 6.03 Å². The molecular formula is C18H27N5O2. The van der Waals surface area contributed by atoms with Gasteiger partial charge in [-0.1, -0.05) is 12.8 Å². The predicted molar refractivity (Wildman–Crippen MR) is 92.9 cm³/mol. The Balaban J connectivity index is 1.40. The van der Waals surface area contributed by atoms with Crippen molar-refractivity contribution in [1.82, 2.24) is 25.3 Å². The van der Waals surface area contributed by atoms with E-state index in [1.165, 1.54) is 0 Å². The number of carbonyl (C=O) groups excluding carboxylic acids is 2. The summed E-state index contributed by atoms with van der Waals surface area (Å²) < 4.78 is 1.96. The highest BCUT2D eigenvalue weighted by Crippen LogP contribution is 2.29. The quantitative estimate of drug-likeness (QED) is 0.874. The summed E-state index contributed by atoms with van der Waals surface area (Å²) in [6.45, 7) is 0.660. The van der Waals surface area contributed by atoms with Crippen LogP contribution in [-0.4, -0.2) is 51.3 Å². The van der Waals surface area contributed by atoms with Crippen LogP contribution < -0.4 is 10.6 Å². The summed E-state index contributed by atoms with van der Waals surface area (Å²) in [5, 5.41) is 10.6. The number of likely N-dealkylation sites (tertiary alicyclic amines) is 1. The molecule has 2 heterocycles. The van der Waals surface area contributed by atoms with Crippen LogP contribution in [0.1, 0.15) is 57.4 Å². The van der Waals surface area contributed by atoms with E-state index >= 15 is 0 Å². The smallest absolute Gasteiger partial charge is 0.318 e. The first kappa shape index (κ1) is 16.4. The van der Waals surface area contributed by atoms with E-state index in [0.29, 0.717) is 12.6 Å². The van der Waals surface area contributed by atoms with Crippen LogP contribution in [0.5, 0.6) is 0 Å². The fourth-order valence-corrected chi connectivity index (χ4v) is 4.12. The predicted octanol–water partition coefficient (Wildman–Crippen LogP) is 1.82. The van der Waals surface area contributed by atoms with Gasteiger partial charge in [-0.25, -0.2) is 4.79 Å². The molecular weight excluding hydrogens is 318 g/mol. The largest absolute Gasteiger partial charge is 0.352 e. The number of carbonyl (C=O) groups is 2. The Hall–Kier alpha value is -2.05. The first-order chi connectivity index (χ1) is 12.2.